The summed E-state index contributed by atoms with van der Waals surface area (Å²) in [6.45, 7) is 7.71. The first kappa shape index (κ1) is 13.5. The summed E-state index contributed by atoms with van der Waals surface area (Å²) in [4.78, 5) is 0.184. The Hall–Kier alpha value is -0.920. The molecule has 0 aliphatic carbocycles. The average Bonchev–Trinajstić information content (AvgIpc) is 2.62. The van der Waals surface area contributed by atoms with Crippen LogP contribution in [-0.4, -0.2) is 43.2 Å². The van der Waals surface area contributed by atoms with Crippen LogP contribution in [0.5, 0.6) is 0 Å². The van der Waals surface area contributed by atoms with Gasteiger partial charge in [-0.3, -0.25) is 0 Å². The Morgan fingerprint density at radius 1 is 1.33 bits per heavy atom. The van der Waals surface area contributed by atoms with Crippen molar-refractivity contribution in [3.63, 3.8) is 0 Å². The molecule has 7 heteroatoms. The summed E-state index contributed by atoms with van der Waals surface area (Å²) in [6.07, 6.45) is -0.101. The van der Waals surface area contributed by atoms with Crippen LogP contribution < -0.4 is 0 Å². The van der Waals surface area contributed by atoms with Crippen molar-refractivity contribution in [1.29, 1.82) is 0 Å². The number of sulfonamides is 1. The maximum Gasteiger partial charge on any atom is 0.248 e. The Labute approximate surface area is 107 Å². The van der Waals surface area contributed by atoms with Crippen molar-refractivity contribution < 1.29 is 17.7 Å². The molecule has 1 aliphatic rings. The van der Waals surface area contributed by atoms with Gasteiger partial charge in [0.15, 0.2) is 5.76 Å². The number of aromatic nitrogens is 1. The lowest BCUT2D eigenvalue weighted by molar-refractivity contribution is -0.0171. The largest absolute Gasteiger partial charge is 0.375 e. The van der Waals surface area contributed by atoms with E-state index in [9.17, 15) is 8.42 Å². The van der Waals surface area contributed by atoms with E-state index in [-0.39, 0.29) is 17.0 Å². The van der Waals surface area contributed by atoms with Crippen molar-refractivity contribution in [2.45, 2.75) is 44.7 Å². The number of rotatable bonds is 2. The van der Waals surface area contributed by atoms with E-state index >= 15 is 0 Å². The molecule has 0 unspecified atom stereocenters. The van der Waals surface area contributed by atoms with Gasteiger partial charge in [0.05, 0.1) is 12.7 Å². The third kappa shape index (κ3) is 2.17. The van der Waals surface area contributed by atoms with Gasteiger partial charge in [-0.1, -0.05) is 5.16 Å². The van der Waals surface area contributed by atoms with E-state index in [1.54, 1.807) is 13.8 Å². The second-order valence-electron chi connectivity index (χ2n) is 4.72. The second kappa shape index (κ2) is 4.64. The molecule has 0 spiro atoms. The zero-order valence-electron chi connectivity index (χ0n) is 11.0. The third-order valence-electron chi connectivity index (χ3n) is 3.09. The number of nitrogens with zero attached hydrogens (tertiary/aromatic N) is 2. The monoisotopic (exact) mass is 274 g/mol. The fourth-order valence-electron chi connectivity index (χ4n) is 2.17. The molecule has 2 rings (SSSR count). The number of ether oxygens (including phenoxy) is 1. The Balaban J connectivity index is 2.42. The highest BCUT2D eigenvalue weighted by molar-refractivity contribution is 7.89. The number of hydrogen-bond acceptors (Lipinski definition) is 5. The van der Waals surface area contributed by atoms with Gasteiger partial charge in [-0.15, -0.1) is 0 Å². The van der Waals surface area contributed by atoms with Crippen LogP contribution >= 0.6 is 0 Å². The number of morpholine rings is 1. The standard InChI is InChI=1S/C11H18N2O4S/c1-7-6-16-8(2)5-13(7)18(14,15)11-9(3)12-17-10(11)4/h7-8H,5-6H2,1-4H3/t7-,8+/m0/s1. The van der Waals surface area contributed by atoms with Crippen LogP contribution in [0.3, 0.4) is 0 Å². The van der Waals surface area contributed by atoms with Gasteiger partial charge in [0.1, 0.15) is 10.6 Å². The van der Waals surface area contributed by atoms with Crippen molar-refractivity contribution in [3.8, 4) is 0 Å². The quantitative estimate of drug-likeness (QED) is 0.807. The molecule has 1 fully saturated rings. The van der Waals surface area contributed by atoms with Crippen LogP contribution in [0.15, 0.2) is 9.42 Å². The molecular formula is C11H18N2O4S. The maximum atomic E-state index is 12.6. The lowest BCUT2D eigenvalue weighted by Crippen LogP contribution is -2.50. The molecule has 18 heavy (non-hydrogen) atoms. The Morgan fingerprint density at radius 3 is 2.56 bits per heavy atom. The number of hydrogen-bond donors (Lipinski definition) is 0. The van der Waals surface area contributed by atoms with Gasteiger partial charge in [0.2, 0.25) is 10.0 Å². The highest BCUT2D eigenvalue weighted by Crippen LogP contribution is 2.26. The fourth-order valence-corrected chi connectivity index (χ4v) is 4.15. The van der Waals surface area contributed by atoms with Crippen molar-refractivity contribution >= 4 is 10.0 Å². The predicted octanol–water partition coefficient (Wildman–Crippen LogP) is 1.09. The summed E-state index contributed by atoms with van der Waals surface area (Å²) < 4.78 is 37.1. The zero-order chi connectivity index (χ0) is 13.5. The van der Waals surface area contributed by atoms with E-state index in [0.717, 1.165) is 0 Å². The Morgan fingerprint density at radius 2 is 2.00 bits per heavy atom. The van der Waals surface area contributed by atoms with Gasteiger partial charge >= 0.3 is 0 Å². The third-order valence-corrected chi connectivity index (χ3v) is 5.31. The van der Waals surface area contributed by atoms with E-state index in [1.165, 1.54) is 4.31 Å². The Bertz CT molecular complexity index is 518. The predicted molar refractivity (Wildman–Crippen MR) is 64.7 cm³/mol. The van der Waals surface area contributed by atoms with Crippen LogP contribution in [0.25, 0.3) is 0 Å². The maximum absolute atomic E-state index is 12.6. The summed E-state index contributed by atoms with van der Waals surface area (Å²) in [7, 11) is -3.57. The van der Waals surface area contributed by atoms with E-state index in [1.807, 2.05) is 13.8 Å². The highest BCUT2D eigenvalue weighted by atomic mass is 32.2. The van der Waals surface area contributed by atoms with E-state index < -0.39 is 10.0 Å². The molecule has 0 radical (unpaired) electrons. The molecular weight excluding hydrogens is 256 g/mol. The van der Waals surface area contributed by atoms with Gasteiger partial charge in [0.25, 0.3) is 0 Å². The van der Waals surface area contributed by atoms with Crippen molar-refractivity contribution in [2.75, 3.05) is 13.2 Å². The van der Waals surface area contributed by atoms with Crippen LogP contribution in [-0.2, 0) is 14.8 Å². The van der Waals surface area contributed by atoms with E-state index in [0.29, 0.717) is 24.6 Å². The molecule has 1 aromatic rings. The van der Waals surface area contributed by atoms with Gasteiger partial charge in [-0.2, -0.15) is 4.31 Å². The van der Waals surface area contributed by atoms with Crippen molar-refractivity contribution in [2.24, 2.45) is 0 Å². The molecule has 6 nitrogen and oxygen atoms in total. The molecule has 1 saturated heterocycles. The van der Waals surface area contributed by atoms with Crippen LogP contribution in [0.2, 0.25) is 0 Å². The normalized spacial score (nSPS) is 26.4. The van der Waals surface area contributed by atoms with Gasteiger partial charge in [0, 0.05) is 12.6 Å². The first-order valence-corrected chi connectivity index (χ1v) is 7.34. The SMILES string of the molecule is Cc1noc(C)c1S(=O)(=O)N1C[C@@H](C)OC[C@@H]1C. The zero-order valence-corrected chi connectivity index (χ0v) is 11.8. The molecule has 0 saturated carbocycles. The molecule has 1 aliphatic heterocycles. The lowest BCUT2D eigenvalue weighted by atomic mass is 10.2. The smallest absolute Gasteiger partial charge is 0.248 e. The minimum atomic E-state index is -3.57. The summed E-state index contributed by atoms with van der Waals surface area (Å²) in [5.74, 6) is 0.332. The molecule has 2 heterocycles. The van der Waals surface area contributed by atoms with Gasteiger partial charge in [-0.25, -0.2) is 8.42 Å². The molecule has 1 aromatic heterocycles. The van der Waals surface area contributed by atoms with Crippen molar-refractivity contribution in [3.05, 3.63) is 11.5 Å². The minimum Gasteiger partial charge on any atom is -0.375 e. The topological polar surface area (TPSA) is 72.6 Å². The van der Waals surface area contributed by atoms with E-state index in [4.69, 9.17) is 9.26 Å². The summed E-state index contributed by atoms with van der Waals surface area (Å²) in [5.41, 5.74) is 0.402. The summed E-state index contributed by atoms with van der Waals surface area (Å²) in [5, 5.41) is 3.71. The van der Waals surface area contributed by atoms with Crippen molar-refractivity contribution in [1.82, 2.24) is 9.46 Å². The molecule has 0 amide bonds. The molecule has 2 atom stereocenters. The Kier molecular flexibility index (Phi) is 3.48. The second-order valence-corrected chi connectivity index (χ2v) is 6.55. The van der Waals surface area contributed by atoms with Crippen LogP contribution in [0.4, 0.5) is 0 Å². The highest BCUT2D eigenvalue weighted by Gasteiger charge is 2.37. The van der Waals surface area contributed by atoms with Gasteiger partial charge < -0.3 is 9.26 Å². The molecule has 0 aromatic carbocycles. The first-order valence-electron chi connectivity index (χ1n) is 5.90. The first-order chi connectivity index (χ1) is 8.34. The number of aryl methyl sites for hydroxylation is 2. The van der Waals surface area contributed by atoms with Gasteiger partial charge in [-0.05, 0) is 27.7 Å². The molecule has 102 valence electrons. The molecule has 0 bridgehead atoms. The minimum absolute atomic E-state index is 0.101. The molecule has 0 N–H and O–H groups in total. The lowest BCUT2D eigenvalue weighted by Gasteiger charge is -2.35. The fraction of sp³-hybridized carbons (Fsp3) is 0.727. The summed E-state index contributed by atoms with van der Waals surface area (Å²) >= 11 is 0. The average molecular weight is 274 g/mol. The van der Waals surface area contributed by atoms with Crippen LogP contribution in [0, 0.1) is 13.8 Å². The summed E-state index contributed by atoms with van der Waals surface area (Å²) in [6, 6.07) is -0.181. The van der Waals surface area contributed by atoms with Crippen LogP contribution in [0.1, 0.15) is 25.3 Å². The van der Waals surface area contributed by atoms with E-state index in [2.05, 4.69) is 5.16 Å².